The van der Waals surface area contributed by atoms with Crippen molar-refractivity contribution >= 4 is 45.0 Å². The lowest BCUT2D eigenvalue weighted by Gasteiger charge is -2.20. The Morgan fingerprint density at radius 1 is 1.19 bits per heavy atom. The maximum Gasteiger partial charge on any atom is 0.230 e. The second kappa shape index (κ2) is 8.41. The number of thiophene rings is 1. The first-order valence-corrected chi connectivity index (χ1v) is 11.8. The third kappa shape index (κ3) is 3.86. The molecule has 5 rings (SSSR count). The maximum absolute atomic E-state index is 14.3. The molecule has 32 heavy (non-hydrogen) atoms. The number of ether oxygens (including phenoxy) is 1. The Hall–Kier alpha value is -2.58. The number of likely N-dealkylation sites (tertiary alicyclic amines) is 1. The highest BCUT2D eigenvalue weighted by Crippen LogP contribution is 2.42. The van der Waals surface area contributed by atoms with Crippen LogP contribution >= 0.6 is 22.9 Å². The molecule has 1 saturated heterocycles. The van der Waals surface area contributed by atoms with Crippen molar-refractivity contribution in [3.05, 3.63) is 40.0 Å². The van der Waals surface area contributed by atoms with E-state index in [1.165, 1.54) is 22.6 Å². The van der Waals surface area contributed by atoms with E-state index in [1.807, 2.05) is 13.0 Å². The van der Waals surface area contributed by atoms with Gasteiger partial charge in [0.25, 0.3) is 0 Å². The van der Waals surface area contributed by atoms with Crippen molar-refractivity contribution in [3.63, 3.8) is 0 Å². The Kier molecular flexibility index (Phi) is 5.59. The molecule has 0 radical (unpaired) electrons. The van der Waals surface area contributed by atoms with Gasteiger partial charge < -0.3 is 4.74 Å². The lowest BCUT2D eigenvalue weighted by atomic mass is 10.1. The molecule has 166 valence electrons. The zero-order valence-electron chi connectivity index (χ0n) is 17.4. The van der Waals surface area contributed by atoms with Gasteiger partial charge in [0.05, 0.1) is 22.5 Å². The molecule has 2 amide bonds. The first-order chi connectivity index (χ1) is 15.4. The number of aryl methyl sites for hydroxylation is 1. The number of benzene rings is 1. The maximum atomic E-state index is 14.3. The van der Waals surface area contributed by atoms with Crippen molar-refractivity contribution in [2.24, 2.45) is 0 Å². The Morgan fingerprint density at radius 3 is 2.69 bits per heavy atom. The summed E-state index contributed by atoms with van der Waals surface area (Å²) >= 11 is 7.80. The third-order valence-corrected chi connectivity index (χ3v) is 7.30. The van der Waals surface area contributed by atoms with Crippen LogP contribution in [-0.2, 0) is 16.1 Å². The molecule has 0 bridgehead atoms. The molecule has 2 atom stereocenters. The number of carbonyl (C=O) groups excluding carboxylic acids is 2. The topological polar surface area (TPSA) is 72.4 Å². The molecule has 2 fully saturated rings. The number of fused-ring (bicyclic) bond motifs is 1. The van der Waals surface area contributed by atoms with Gasteiger partial charge in [-0.05, 0) is 49.9 Å². The van der Waals surface area contributed by atoms with Crippen LogP contribution < -0.4 is 4.74 Å². The van der Waals surface area contributed by atoms with E-state index in [9.17, 15) is 14.0 Å². The highest BCUT2D eigenvalue weighted by Gasteiger charge is 2.31. The van der Waals surface area contributed by atoms with Gasteiger partial charge in [0, 0.05) is 28.3 Å². The van der Waals surface area contributed by atoms with Crippen molar-refractivity contribution in [1.29, 1.82) is 0 Å². The average molecular weight is 474 g/mol. The van der Waals surface area contributed by atoms with Gasteiger partial charge in [-0.3, -0.25) is 14.5 Å². The normalized spacial score (nSPS) is 21.2. The Balaban J connectivity index is 1.56. The van der Waals surface area contributed by atoms with Crippen LogP contribution in [-0.4, -0.2) is 39.0 Å². The van der Waals surface area contributed by atoms with Crippen LogP contribution in [0.1, 0.15) is 42.5 Å². The molecule has 2 aliphatic rings. The van der Waals surface area contributed by atoms with Crippen LogP contribution in [0.25, 0.3) is 21.5 Å². The smallest absolute Gasteiger partial charge is 0.230 e. The van der Waals surface area contributed by atoms with Crippen molar-refractivity contribution in [2.45, 2.75) is 57.8 Å². The van der Waals surface area contributed by atoms with Crippen molar-refractivity contribution < 1.29 is 18.7 Å². The predicted molar refractivity (Wildman–Crippen MR) is 121 cm³/mol. The molecule has 0 unspecified atom stereocenters. The van der Waals surface area contributed by atoms with Crippen molar-refractivity contribution in [1.82, 2.24) is 14.9 Å². The molecular formula is C23H21ClFN3O3S. The minimum absolute atomic E-state index is 0.155. The minimum Gasteiger partial charge on any atom is -0.486 e. The molecule has 6 nitrogen and oxygen atoms in total. The number of hydrogen-bond donors (Lipinski definition) is 0. The highest BCUT2D eigenvalue weighted by atomic mass is 35.5. The number of rotatable bonds is 5. The molecule has 1 aliphatic carbocycles. The minimum atomic E-state index is -0.993. The Morgan fingerprint density at radius 2 is 1.97 bits per heavy atom. The number of aromatic nitrogens is 2. The lowest BCUT2D eigenvalue weighted by molar-refractivity contribution is -0.138. The molecule has 3 aromatic rings. The summed E-state index contributed by atoms with van der Waals surface area (Å²) in [5.74, 6) is 0.262. The van der Waals surface area contributed by atoms with E-state index >= 15 is 0 Å². The number of hydrogen-bond acceptors (Lipinski definition) is 6. The number of nitrogens with zero attached hydrogens (tertiary/aromatic N) is 3. The van der Waals surface area contributed by atoms with Gasteiger partial charge in [0.15, 0.2) is 0 Å². The zero-order valence-corrected chi connectivity index (χ0v) is 19.0. The van der Waals surface area contributed by atoms with Gasteiger partial charge in [-0.25, -0.2) is 14.4 Å². The van der Waals surface area contributed by atoms with Crippen LogP contribution in [0.4, 0.5) is 4.39 Å². The predicted octanol–water partition coefficient (Wildman–Crippen LogP) is 5.24. The first-order valence-electron chi connectivity index (χ1n) is 10.6. The van der Waals surface area contributed by atoms with Gasteiger partial charge in [0.1, 0.15) is 24.4 Å². The highest BCUT2D eigenvalue weighted by molar-refractivity contribution is 7.19. The molecule has 3 heterocycles. The molecule has 1 saturated carbocycles. The van der Waals surface area contributed by atoms with Gasteiger partial charge >= 0.3 is 0 Å². The van der Waals surface area contributed by atoms with Gasteiger partial charge in [-0.15, -0.1) is 11.3 Å². The molecule has 0 spiro atoms. The number of amides is 2. The van der Waals surface area contributed by atoms with Crippen LogP contribution in [0, 0.1) is 6.92 Å². The Bertz CT molecular complexity index is 1210. The fourth-order valence-corrected chi connectivity index (χ4v) is 5.73. The van der Waals surface area contributed by atoms with E-state index in [4.69, 9.17) is 16.3 Å². The summed E-state index contributed by atoms with van der Waals surface area (Å²) in [6, 6.07) is 5.45. The zero-order chi connectivity index (χ0) is 22.4. The number of carbonyl (C=O) groups is 2. The number of halogens is 2. The van der Waals surface area contributed by atoms with Crippen LogP contribution in [0.2, 0.25) is 5.02 Å². The second-order valence-corrected chi connectivity index (χ2v) is 9.80. The quantitative estimate of drug-likeness (QED) is 0.474. The van der Waals surface area contributed by atoms with Crippen molar-refractivity contribution in [2.75, 3.05) is 0 Å². The monoisotopic (exact) mass is 473 g/mol. The van der Waals surface area contributed by atoms with E-state index in [0.717, 1.165) is 21.6 Å². The number of alkyl halides is 1. The fraction of sp³-hybridized carbons (Fsp3) is 0.391. The van der Waals surface area contributed by atoms with Gasteiger partial charge in [0.2, 0.25) is 11.8 Å². The molecule has 2 aromatic heterocycles. The molecular weight excluding hydrogens is 453 g/mol. The Labute approximate surface area is 193 Å². The van der Waals surface area contributed by atoms with Crippen LogP contribution in [0.15, 0.2) is 24.5 Å². The fourth-order valence-electron chi connectivity index (χ4n) is 4.36. The van der Waals surface area contributed by atoms with Crippen molar-refractivity contribution in [3.8, 4) is 17.0 Å². The summed E-state index contributed by atoms with van der Waals surface area (Å²) in [6.45, 7) is 2.11. The van der Waals surface area contributed by atoms with Crippen LogP contribution in [0.5, 0.6) is 5.75 Å². The summed E-state index contributed by atoms with van der Waals surface area (Å²) in [7, 11) is 0. The number of imide groups is 1. The standard InChI is InChI=1S/C23H21ClFN3O3S/c1-12-7-13(24)8-15(22(12)31-18-4-2-3-16(18)25)21-23-17(26-11-27-21)9-14(32-23)10-28-19(29)5-6-20(28)30/h7-9,11,16,18H,2-6,10H2,1H3/t16-,18+/m0/s1. The van der Waals surface area contributed by atoms with Gasteiger partial charge in [-0.1, -0.05) is 11.6 Å². The van der Waals surface area contributed by atoms with E-state index in [-0.39, 0.29) is 31.2 Å². The summed E-state index contributed by atoms with van der Waals surface area (Å²) in [4.78, 5) is 35.1. The molecule has 0 N–H and O–H groups in total. The van der Waals surface area contributed by atoms with Gasteiger partial charge in [-0.2, -0.15) is 0 Å². The van der Waals surface area contributed by atoms with Crippen LogP contribution in [0.3, 0.4) is 0 Å². The molecule has 9 heteroatoms. The summed E-state index contributed by atoms with van der Waals surface area (Å²) in [6.07, 6.45) is 2.48. The molecule has 1 aromatic carbocycles. The van der Waals surface area contributed by atoms with E-state index in [1.54, 1.807) is 12.1 Å². The van der Waals surface area contributed by atoms with E-state index in [2.05, 4.69) is 9.97 Å². The second-order valence-electron chi connectivity index (χ2n) is 8.23. The van der Waals surface area contributed by atoms with E-state index in [0.29, 0.717) is 40.4 Å². The molecule has 1 aliphatic heterocycles. The lowest BCUT2D eigenvalue weighted by Crippen LogP contribution is -2.27. The summed E-state index contributed by atoms with van der Waals surface area (Å²) in [5.41, 5.74) is 2.84. The SMILES string of the molecule is Cc1cc(Cl)cc(-c2ncnc3cc(CN4C(=O)CCC4=O)sc23)c1O[C@@H]1CCC[C@@H]1F. The summed E-state index contributed by atoms with van der Waals surface area (Å²) < 4.78 is 21.3. The largest absolute Gasteiger partial charge is 0.486 e. The summed E-state index contributed by atoms with van der Waals surface area (Å²) in [5, 5.41) is 0.532. The van der Waals surface area contributed by atoms with E-state index < -0.39 is 12.3 Å². The first kappa shape index (κ1) is 21.3. The average Bonchev–Trinajstić information content (AvgIpc) is 3.44. The third-order valence-electron chi connectivity index (χ3n) is 5.97.